The Bertz CT molecular complexity index is 1160. The number of H-pyrrole nitrogens is 1. The lowest BCUT2D eigenvalue weighted by Crippen LogP contribution is -2.30. The quantitative estimate of drug-likeness (QED) is 0.410. The van der Waals surface area contributed by atoms with Gasteiger partial charge >= 0.3 is 5.97 Å². The monoisotopic (exact) mass is 517 g/mol. The van der Waals surface area contributed by atoms with Crippen molar-refractivity contribution in [3.05, 3.63) is 16.7 Å². The summed E-state index contributed by atoms with van der Waals surface area (Å²) in [5.41, 5.74) is -2.60. The van der Waals surface area contributed by atoms with Crippen molar-refractivity contribution in [1.29, 1.82) is 0 Å². The van der Waals surface area contributed by atoms with Gasteiger partial charge in [0.25, 0.3) is 5.56 Å². The number of rotatable bonds is 7. The van der Waals surface area contributed by atoms with E-state index >= 15 is 0 Å². The van der Waals surface area contributed by atoms with Crippen LogP contribution < -0.4 is 10.9 Å². The smallest absolute Gasteiger partial charge is 0.302 e. The first-order valence-corrected chi connectivity index (χ1v) is 14.5. The number of anilines is 1. The van der Waals surface area contributed by atoms with Gasteiger partial charge in [0.05, 0.1) is 19.5 Å². The van der Waals surface area contributed by atoms with Gasteiger partial charge in [0.15, 0.2) is 11.2 Å². The van der Waals surface area contributed by atoms with Crippen LogP contribution in [0.4, 0.5) is 5.95 Å². The zero-order chi connectivity index (χ0) is 23.8. The Hall–Kier alpha value is -1.83. The van der Waals surface area contributed by atoms with Crippen LogP contribution in [0.5, 0.6) is 0 Å². The van der Waals surface area contributed by atoms with E-state index in [2.05, 4.69) is 20.3 Å². The van der Waals surface area contributed by atoms with Crippen molar-refractivity contribution in [3.63, 3.8) is 0 Å². The van der Waals surface area contributed by atoms with Gasteiger partial charge in [-0.25, -0.2) is 4.98 Å². The Labute approximate surface area is 198 Å². The van der Waals surface area contributed by atoms with Crippen molar-refractivity contribution in [1.82, 2.24) is 19.5 Å². The first-order valence-electron chi connectivity index (χ1n) is 10.3. The molecule has 1 unspecified atom stereocenters. The molecule has 0 aromatic carbocycles. The molecule has 1 amide bonds. The highest BCUT2D eigenvalue weighted by molar-refractivity contribution is 8.68. The Morgan fingerprint density at radius 1 is 1.48 bits per heavy atom. The molecule has 2 aromatic rings. The summed E-state index contributed by atoms with van der Waals surface area (Å²) in [6.07, 6.45) is -0.105. The van der Waals surface area contributed by atoms with E-state index in [1.165, 1.54) is 24.6 Å². The van der Waals surface area contributed by atoms with Crippen LogP contribution >= 0.6 is 17.1 Å². The number of hydrogen-bond acceptors (Lipinski definition) is 11. The number of aromatic nitrogens is 4. The third-order valence-electron chi connectivity index (χ3n) is 4.99. The normalized spacial score (nSPS) is 27.3. The maximum Gasteiger partial charge on any atom is 0.302 e. The Morgan fingerprint density at radius 3 is 2.94 bits per heavy atom. The molecule has 0 spiro atoms. The van der Waals surface area contributed by atoms with Gasteiger partial charge in [0.2, 0.25) is 17.5 Å². The number of nitrogens with zero attached hydrogens (tertiary/aromatic N) is 3. The second kappa shape index (κ2) is 9.80. The van der Waals surface area contributed by atoms with E-state index in [-0.39, 0.29) is 42.0 Å². The van der Waals surface area contributed by atoms with Gasteiger partial charge in [-0.15, -0.1) is 0 Å². The number of hydrogen-bond donors (Lipinski definition) is 2. The van der Waals surface area contributed by atoms with E-state index in [0.29, 0.717) is 6.61 Å². The minimum absolute atomic E-state index is 0.00984. The number of carbonyl (C=O) groups excluding carboxylic acids is 2. The van der Waals surface area contributed by atoms with Crippen LogP contribution in [0.2, 0.25) is 0 Å². The standard InChI is InChI=1S/C18H24N5O7PS2/c1-9(2)16(25)21-18-20-15-14(17(26)22-18)19-8-23(15)13-6-11(29-10(3)24)12(30-13)7-28-31(32)27-4-5-33-31/h8-9,11-13H,4-7H2,1-3H3,(H2,20,21,22,25,26)/t11-,12+,13+,31?/m0/s1. The first kappa shape index (κ1) is 24.3. The molecular weight excluding hydrogens is 493 g/mol. The molecule has 4 atom stereocenters. The number of fused-ring (bicyclic) bond motifs is 1. The number of ether oxygens (including phenoxy) is 2. The molecule has 2 aliphatic heterocycles. The summed E-state index contributed by atoms with van der Waals surface area (Å²) in [5, 5.41) is 2.58. The summed E-state index contributed by atoms with van der Waals surface area (Å²) in [7, 11) is 0. The SMILES string of the molecule is CC(=O)O[C@H]1C[C@H](n2cnc3c(=O)[nH]c(NC(=O)C(C)C)nc32)O[C@@H]1COP1(=S)OCCS1. The lowest BCUT2D eigenvalue weighted by molar-refractivity contribution is -0.150. The maximum atomic E-state index is 12.5. The van der Waals surface area contributed by atoms with Crippen LogP contribution in [0.15, 0.2) is 11.1 Å². The fourth-order valence-electron chi connectivity index (χ4n) is 3.39. The maximum absolute atomic E-state index is 12.5. The molecule has 2 aromatic heterocycles. The Balaban J connectivity index is 1.58. The fraction of sp³-hybridized carbons (Fsp3) is 0.611. The van der Waals surface area contributed by atoms with Crippen molar-refractivity contribution in [2.45, 2.75) is 45.6 Å². The van der Waals surface area contributed by atoms with Gasteiger partial charge in [-0.3, -0.25) is 29.3 Å². The van der Waals surface area contributed by atoms with Gasteiger partial charge in [-0.05, 0) is 11.8 Å². The molecule has 180 valence electrons. The number of aromatic amines is 1. The number of nitrogens with one attached hydrogen (secondary N) is 2. The number of carbonyl (C=O) groups is 2. The molecular formula is C18H24N5O7PS2. The second-order valence-electron chi connectivity index (χ2n) is 7.80. The van der Waals surface area contributed by atoms with Crippen LogP contribution in [0.25, 0.3) is 11.2 Å². The zero-order valence-electron chi connectivity index (χ0n) is 18.2. The van der Waals surface area contributed by atoms with Crippen LogP contribution in [0.3, 0.4) is 0 Å². The molecule has 33 heavy (non-hydrogen) atoms. The lowest BCUT2D eigenvalue weighted by atomic mass is 10.2. The van der Waals surface area contributed by atoms with Crippen molar-refractivity contribution >= 4 is 57.9 Å². The summed E-state index contributed by atoms with van der Waals surface area (Å²) >= 11 is 6.92. The Kier molecular flexibility index (Phi) is 7.22. The highest BCUT2D eigenvalue weighted by Crippen LogP contribution is 2.64. The van der Waals surface area contributed by atoms with Gasteiger partial charge in [-0.2, -0.15) is 4.98 Å². The molecule has 0 saturated carbocycles. The highest BCUT2D eigenvalue weighted by Gasteiger charge is 2.41. The third-order valence-corrected chi connectivity index (χ3v) is 10.3. The molecule has 2 N–H and O–H groups in total. The topological polar surface area (TPSA) is 147 Å². The third kappa shape index (κ3) is 5.47. The first-order chi connectivity index (χ1) is 15.6. The molecule has 4 rings (SSSR count). The summed E-state index contributed by atoms with van der Waals surface area (Å²) in [5.74, 6) is -0.253. The average molecular weight is 518 g/mol. The zero-order valence-corrected chi connectivity index (χ0v) is 20.7. The molecule has 4 heterocycles. The van der Waals surface area contributed by atoms with E-state index in [0.717, 1.165) is 5.75 Å². The summed E-state index contributed by atoms with van der Waals surface area (Å²) in [4.78, 5) is 47.1. The highest BCUT2D eigenvalue weighted by atomic mass is 32.9. The van der Waals surface area contributed by atoms with Gasteiger partial charge in [0, 0.05) is 25.0 Å². The number of esters is 1. The molecule has 12 nitrogen and oxygen atoms in total. The lowest BCUT2D eigenvalue weighted by Gasteiger charge is -2.21. The van der Waals surface area contributed by atoms with Crippen molar-refractivity contribution < 1.29 is 28.1 Å². The Morgan fingerprint density at radius 2 is 2.27 bits per heavy atom. The predicted molar refractivity (Wildman–Crippen MR) is 124 cm³/mol. The molecule has 15 heteroatoms. The fourth-order valence-corrected chi connectivity index (χ4v) is 7.59. The van der Waals surface area contributed by atoms with E-state index in [9.17, 15) is 14.4 Å². The second-order valence-corrected chi connectivity index (χ2v) is 14.2. The molecule has 0 aliphatic carbocycles. The van der Waals surface area contributed by atoms with E-state index < -0.39 is 35.7 Å². The van der Waals surface area contributed by atoms with Gasteiger partial charge < -0.3 is 18.5 Å². The van der Waals surface area contributed by atoms with Crippen molar-refractivity contribution in [2.24, 2.45) is 5.92 Å². The van der Waals surface area contributed by atoms with E-state index in [1.807, 2.05) is 0 Å². The van der Waals surface area contributed by atoms with Crippen LogP contribution in [0, 0.1) is 5.92 Å². The van der Waals surface area contributed by atoms with Crippen LogP contribution in [-0.2, 0) is 39.9 Å². The molecule has 2 fully saturated rings. The number of imidazole rings is 1. The summed E-state index contributed by atoms with van der Waals surface area (Å²) in [6, 6.07) is 0. The minimum Gasteiger partial charge on any atom is -0.460 e. The summed E-state index contributed by atoms with van der Waals surface area (Å²) < 4.78 is 24.5. The molecule has 0 radical (unpaired) electrons. The van der Waals surface area contributed by atoms with Gasteiger partial charge in [-0.1, -0.05) is 25.2 Å². The predicted octanol–water partition coefficient (Wildman–Crippen LogP) is 1.94. The van der Waals surface area contributed by atoms with Gasteiger partial charge in [0.1, 0.15) is 18.4 Å². The number of amides is 1. The van der Waals surface area contributed by atoms with E-state index in [4.69, 9.17) is 30.3 Å². The largest absolute Gasteiger partial charge is 0.460 e. The van der Waals surface area contributed by atoms with E-state index in [1.54, 1.807) is 18.4 Å². The van der Waals surface area contributed by atoms with Crippen molar-refractivity contribution in [2.75, 3.05) is 24.3 Å². The molecule has 0 bridgehead atoms. The average Bonchev–Trinajstić information content (AvgIpc) is 3.45. The summed E-state index contributed by atoms with van der Waals surface area (Å²) in [6.45, 7) is 5.41. The molecule has 2 aliphatic rings. The van der Waals surface area contributed by atoms with Crippen LogP contribution in [-0.4, -0.2) is 62.6 Å². The molecule has 2 saturated heterocycles. The van der Waals surface area contributed by atoms with Crippen molar-refractivity contribution in [3.8, 4) is 0 Å². The van der Waals surface area contributed by atoms with Crippen LogP contribution in [0.1, 0.15) is 33.4 Å². The minimum atomic E-state index is -2.42.